The number of nitrogens with one attached hydrogen (secondary N) is 3. The SMILES string of the molecule is CN=C(NCC(=O)Nc1ccccc1)NC1CCc2ccccc2C1. The lowest BCUT2D eigenvalue weighted by atomic mass is 9.88. The number of hydrogen-bond donors (Lipinski definition) is 3. The van der Waals surface area contributed by atoms with Crippen molar-refractivity contribution in [2.24, 2.45) is 4.99 Å². The molecule has 0 heterocycles. The summed E-state index contributed by atoms with van der Waals surface area (Å²) < 4.78 is 0. The van der Waals surface area contributed by atoms with Crippen LogP contribution in [0.4, 0.5) is 5.69 Å². The average molecular weight is 336 g/mol. The van der Waals surface area contributed by atoms with Crippen LogP contribution in [0.15, 0.2) is 59.6 Å². The minimum Gasteiger partial charge on any atom is -0.353 e. The number of para-hydroxylation sites is 1. The molecule has 25 heavy (non-hydrogen) atoms. The zero-order valence-corrected chi connectivity index (χ0v) is 14.5. The van der Waals surface area contributed by atoms with E-state index in [4.69, 9.17) is 0 Å². The van der Waals surface area contributed by atoms with E-state index in [1.54, 1.807) is 7.05 Å². The lowest BCUT2D eigenvalue weighted by molar-refractivity contribution is -0.115. The summed E-state index contributed by atoms with van der Waals surface area (Å²) >= 11 is 0. The maximum atomic E-state index is 12.0. The Morgan fingerprint density at radius 2 is 1.80 bits per heavy atom. The van der Waals surface area contributed by atoms with E-state index >= 15 is 0 Å². The highest BCUT2D eigenvalue weighted by atomic mass is 16.1. The van der Waals surface area contributed by atoms with Gasteiger partial charge in [0.15, 0.2) is 5.96 Å². The van der Waals surface area contributed by atoms with E-state index in [1.807, 2.05) is 30.3 Å². The summed E-state index contributed by atoms with van der Waals surface area (Å²) in [5.41, 5.74) is 3.62. The van der Waals surface area contributed by atoms with E-state index in [-0.39, 0.29) is 12.5 Å². The summed E-state index contributed by atoms with van der Waals surface area (Å²) in [5.74, 6) is 0.565. The standard InChI is InChI=1S/C20H24N4O/c1-21-20(22-14-19(25)23-17-9-3-2-4-10-17)24-18-12-11-15-7-5-6-8-16(15)13-18/h2-10,18H,11-14H2,1H3,(H,23,25)(H2,21,22,24). The monoisotopic (exact) mass is 336 g/mol. The van der Waals surface area contributed by atoms with Crippen LogP contribution < -0.4 is 16.0 Å². The van der Waals surface area contributed by atoms with Crippen molar-refractivity contribution in [2.75, 3.05) is 18.9 Å². The molecule has 0 fully saturated rings. The number of benzene rings is 2. The Bertz CT molecular complexity index is 742. The number of carbonyl (C=O) groups excluding carboxylic acids is 1. The second kappa shape index (κ2) is 8.33. The lowest BCUT2D eigenvalue weighted by Crippen LogP contribution is -2.47. The Morgan fingerprint density at radius 3 is 2.56 bits per heavy atom. The number of anilines is 1. The van der Waals surface area contributed by atoms with Gasteiger partial charge in [0.1, 0.15) is 0 Å². The van der Waals surface area contributed by atoms with E-state index in [1.165, 1.54) is 11.1 Å². The van der Waals surface area contributed by atoms with Crippen LogP contribution in [-0.4, -0.2) is 31.5 Å². The molecule has 5 heteroatoms. The molecule has 1 aliphatic rings. The summed E-state index contributed by atoms with van der Waals surface area (Å²) in [6, 6.07) is 18.3. The fraction of sp³-hybridized carbons (Fsp3) is 0.300. The van der Waals surface area contributed by atoms with Gasteiger partial charge in [0.05, 0.1) is 6.54 Å². The quantitative estimate of drug-likeness (QED) is 0.593. The third-order valence-electron chi connectivity index (χ3n) is 4.39. The molecule has 0 bridgehead atoms. The smallest absolute Gasteiger partial charge is 0.243 e. The van der Waals surface area contributed by atoms with Gasteiger partial charge in [-0.3, -0.25) is 9.79 Å². The number of hydrogen-bond acceptors (Lipinski definition) is 2. The second-order valence-corrected chi connectivity index (χ2v) is 6.19. The molecule has 0 spiro atoms. The highest BCUT2D eigenvalue weighted by molar-refractivity contribution is 5.95. The molecule has 5 nitrogen and oxygen atoms in total. The third kappa shape index (κ3) is 4.83. The van der Waals surface area contributed by atoms with Gasteiger partial charge in [-0.05, 0) is 42.5 Å². The largest absolute Gasteiger partial charge is 0.353 e. The van der Waals surface area contributed by atoms with Crippen molar-refractivity contribution in [1.29, 1.82) is 0 Å². The average Bonchev–Trinajstić information content (AvgIpc) is 2.65. The summed E-state index contributed by atoms with van der Waals surface area (Å²) in [6.07, 6.45) is 3.11. The number of carbonyl (C=O) groups is 1. The van der Waals surface area contributed by atoms with Crippen LogP contribution >= 0.6 is 0 Å². The maximum Gasteiger partial charge on any atom is 0.243 e. The van der Waals surface area contributed by atoms with E-state index in [0.717, 1.165) is 24.9 Å². The predicted octanol–water partition coefficient (Wildman–Crippen LogP) is 2.35. The fourth-order valence-electron chi connectivity index (χ4n) is 3.10. The molecule has 0 aliphatic heterocycles. The molecule has 0 aromatic heterocycles. The fourth-order valence-corrected chi connectivity index (χ4v) is 3.10. The van der Waals surface area contributed by atoms with E-state index in [2.05, 4.69) is 45.2 Å². The van der Waals surface area contributed by atoms with Gasteiger partial charge in [0.25, 0.3) is 0 Å². The first kappa shape index (κ1) is 17.0. The number of fused-ring (bicyclic) bond motifs is 1. The molecule has 0 saturated carbocycles. The summed E-state index contributed by atoms with van der Waals surface area (Å²) in [6.45, 7) is 0.178. The van der Waals surface area contributed by atoms with Gasteiger partial charge in [-0.25, -0.2) is 0 Å². The number of guanidine groups is 1. The van der Waals surface area contributed by atoms with Gasteiger partial charge in [0.2, 0.25) is 5.91 Å². The first-order chi connectivity index (χ1) is 12.2. The van der Waals surface area contributed by atoms with Gasteiger partial charge >= 0.3 is 0 Å². The van der Waals surface area contributed by atoms with Crippen LogP contribution in [0.1, 0.15) is 17.5 Å². The molecule has 1 amide bonds. The van der Waals surface area contributed by atoms with Crippen molar-refractivity contribution in [3.63, 3.8) is 0 Å². The van der Waals surface area contributed by atoms with E-state index in [0.29, 0.717) is 12.0 Å². The molecule has 1 aliphatic carbocycles. The van der Waals surface area contributed by atoms with Crippen molar-refractivity contribution >= 4 is 17.6 Å². The maximum absolute atomic E-state index is 12.0. The van der Waals surface area contributed by atoms with Gasteiger partial charge in [-0.1, -0.05) is 42.5 Å². The lowest BCUT2D eigenvalue weighted by Gasteiger charge is -2.27. The number of aliphatic imine (C=N–C) groups is 1. The normalized spacial score (nSPS) is 16.7. The van der Waals surface area contributed by atoms with Crippen LogP contribution in [0, 0.1) is 0 Å². The molecule has 2 aromatic rings. The van der Waals surface area contributed by atoms with Crippen LogP contribution in [0.2, 0.25) is 0 Å². The summed E-state index contributed by atoms with van der Waals surface area (Å²) in [4.78, 5) is 16.3. The number of aryl methyl sites for hydroxylation is 1. The minimum absolute atomic E-state index is 0.0943. The highest BCUT2D eigenvalue weighted by Gasteiger charge is 2.19. The van der Waals surface area contributed by atoms with Gasteiger partial charge in [-0.15, -0.1) is 0 Å². The zero-order chi connectivity index (χ0) is 17.5. The Kier molecular flexibility index (Phi) is 5.67. The van der Waals surface area contributed by atoms with Crippen LogP contribution in [0.3, 0.4) is 0 Å². The zero-order valence-electron chi connectivity index (χ0n) is 14.5. The van der Waals surface area contributed by atoms with Crippen molar-refractivity contribution in [3.05, 3.63) is 65.7 Å². The Balaban J connectivity index is 1.48. The molecular weight excluding hydrogens is 312 g/mol. The number of nitrogens with zero attached hydrogens (tertiary/aromatic N) is 1. The van der Waals surface area contributed by atoms with Crippen LogP contribution in [-0.2, 0) is 17.6 Å². The molecule has 130 valence electrons. The molecule has 1 unspecified atom stereocenters. The summed E-state index contributed by atoms with van der Waals surface area (Å²) in [7, 11) is 1.72. The topological polar surface area (TPSA) is 65.5 Å². The molecule has 0 radical (unpaired) electrons. The Morgan fingerprint density at radius 1 is 1.08 bits per heavy atom. The molecule has 3 N–H and O–H groups in total. The molecule has 2 aromatic carbocycles. The molecular formula is C20H24N4O. The van der Waals surface area contributed by atoms with Gasteiger partial charge in [0, 0.05) is 18.8 Å². The first-order valence-electron chi connectivity index (χ1n) is 8.63. The number of rotatable bonds is 4. The Labute approximate surface area is 148 Å². The van der Waals surface area contributed by atoms with E-state index < -0.39 is 0 Å². The third-order valence-corrected chi connectivity index (χ3v) is 4.39. The van der Waals surface area contributed by atoms with E-state index in [9.17, 15) is 4.79 Å². The van der Waals surface area contributed by atoms with Crippen LogP contribution in [0.25, 0.3) is 0 Å². The summed E-state index contributed by atoms with van der Waals surface area (Å²) in [5, 5.41) is 9.37. The molecule has 0 saturated heterocycles. The Hall–Kier alpha value is -2.82. The van der Waals surface area contributed by atoms with Gasteiger partial charge in [-0.2, -0.15) is 0 Å². The first-order valence-corrected chi connectivity index (χ1v) is 8.63. The second-order valence-electron chi connectivity index (χ2n) is 6.19. The van der Waals surface area contributed by atoms with Crippen molar-refractivity contribution in [3.8, 4) is 0 Å². The van der Waals surface area contributed by atoms with Crippen molar-refractivity contribution < 1.29 is 4.79 Å². The molecule has 1 atom stereocenters. The highest BCUT2D eigenvalue weighted by Crippen LogP contribution is 2.20. The van der Waals surface area contributed by atoms with Crippen molar-refractivity contribution in [2.45, 2.75) is 25.3 Å². The predicted molar refractivity (Wildman–Crippen MR) is 102 cm³/mol. The minimum atomic E-state index is -0.0943. The van der Waals surface area contributed by atoms with Crippen LogP contribution in [0.5, 0.6) is 0 Å². The number of amides is 1. The van der Waals surface area contributed by atoms with Gasteiger partial charge < -0.3 is 16.0 Å². The van der Waals surface area contributed by atoms with Crippen molar-refractivity contribution in [1.82, 2.24) is 10.6 Å². The molecule has 3 rings (SSSR count).